The first kappa shape index (κ1) is 27.3. The van der Waals surface area contributed by atoms with Crippen molar-refractivity contribution < 1.29 is 28.7 Å². The standard InChI is InChI=1S/C31H35IO6/c1-18-14-26-24-9-8-21-16-23(34)10-12-29(21,3)25(24)11-13-30(26,4)31(18,27(35)17-37-19(2)33)38-28(36)20-6-5-7-22(32)15-20/h5-7,10,12,15-16,18,24-26H,8-9,11,13-14,17H2,1-4H3/t18?,24-,25+,26+,29+,30+,31+/m1/s1. The summed E-state index contributed by atoms with van der Waals surface area (Å²) in [5.41, 5.74) is -0.559. The molecule has 202 valence electrons. The summed E-state index contributed by atoms with van der Waals surface area (Å²) in [6.07, 6.45) is 9.73. The van der Waals surface area contributed by atoms with Crippen LogP contribution < -0.4 is 0 Å². The molecule has 3 fully saturated rings. The van der Waals surface area contributed by atoms with Crippen molar-refractivity contribution in [3.8, 4) is 0 Å². The first-order valence-electron chi connectivity index (χ1n) is 13.5. The molecule has 7 heteroatoms. The van der Waals surface area contributed by atoms with Crippen LogP contribution in [0.25, 0.3) is 0 Å². The lowest BCUT2D eigenvalue weighted by Crippen LogP contribution is -2.61. The van der Waals surface area contributed by atoms with Gasteiger partial charge in [0.2, 0.25) is 5.78 Å². The summed E-state index contributed by atoms with van der Waals surface area (Å²) >= 11 is 2.15. The van der Waals surface area contributed by atoms with Crippen LogP contribution in [0.4, 0.5) is 0 Å². The second kappa shape index (κ2) is 9.72. The fraction of sp³-hybridized carbons (Fsp3) is 0.548. The van der Waals surface area contributed by atoms with Crippen molar-refractivity contribution in [2.24, 2.45) is 34.5 Å². The quantitative estimate of drug-likeness (QED) is 0.299. The number of Topliss-reactive ketones (excluding diaryl/α,β-unsaturated/α-hetero) is 1. The second-order valence-corrected chi connectivity index (χ2v) is 13.3. The number of hydrogen-bond donors (Lipinski definition) is 0. The molecular formula is C31H35IO6. The maximum Gasteiger partial charge on any atom is 0.339 e. The summed E-state index contributed by atoms with van der Waals surface area (Å²) in [5, 5.41) is 0. The van der Waals surface area contributed by atoms with Gasteiger partial charge in [0.15, 0.2) is 18.0 Å². The second-order valence-electron chi connectivity index (χ2n) is 12.0. The van der Waals surface area contributed by atoms with Crippen molar-refractivity contribution in [3.63, 3.8) is 0 Å². The van der Waals surface area contributed by atoms with Crippen LogP contribution in [0, 0.1) is 38.1 Å². The van der Waals surface area contributed by atoms with Gasteiger partial charge in [-0.3, -0.25) is 14.4 Å². The Hall–Kier alpha value is -2.29. The van der Waals surface area contributed by atoms with Crippen LogP contribution >= 0.6 is 22.6 Å². The molecule has 6 nitrogen and oxygen atoms in total. The Morgan fingerprint density at radius 3 is 2.61 bits per heavy atom. The molecule has 0 saturated heterocycles. The summed E-state index contributed by atoms with van der Waals surface area (Å²) in [5.74, 6) is -0.738. The molecule has 0 heterocycles. The Bertz CT molecular complexity index is 1260. The highest BCUT2D eigenvalue weighted by atomic mass is 127. The molecule has 3 saturated carbocycles. The minimum atomic E-state index is -1.40. The number of benzene rings is 1. The van der Waals surface area contributed by atoms with Gasteiger partial charge in [-0.2, -0.15) is 0 Å². The van der Waals surface area contributed by atoms with E-state index in [1.165, 1.54) is 12.5 Å². The van der Waals surface area contributed by atoms with Crippen molar-refractivity contribution >= 4 is 46.1 Å². The van der Waals surface area contributed by atoms with Gasteiger partial charge in [-0.1, -0.05) is 38.5 Å². The predicted octanol–water partition coefficient (Wildman–Crippen LogP) is 5.87. The van der Waals surface area contributed by atoms with Gasteiger partial charge in [-0.05, 0) is 103 Å². The largest absolute Gasteiger partial charge is 0.458 e. The van der Waals surface area contributed by atoms with Crippen LogP contribution in [0.1, 0.15) is 70.2 Å². The van der Waals surface area contributed by atoms with Gasteiger partial charge in [0.25, 0.3) is 0 Å². The van der Waals surface area contributed by atoms with Gasteiger partial charge in [0.05, 0.1) is 5.56 Å². The van der Waals surface area contributed by atoms with E-state index in [-0.39, 0.29) is 28.8 Å². The van der Waals surface area contributed by atoms with E-state index in [1.54, 1.807) is 24.3 Å². The Labute approximate surface area is 237 Å². The molecule has 1 aromatic carbocycles. The first-order chi connectivity index (χ1) is 17.9. The molecule has 4 aliphatic carbocycles. The number of halogens is 1. The third-order valence-electron chi connectivity index (χ3n) is 10.2. The summed E-state index contributed by atoms with van der Waals surface area (Å²) in [4.78, 5) is 51.4. The SMILES string of the molecule is CC(=O)OCC(=O)[C@@]1(OC(=O)c2cccc(I)c2)C(C)C[C@H]2[C@@H]3CCC4=CC(=O)C=C[C@]4(C)[C@H]3CC[C@@]21C. The van der Waals surface area contributed by atoms with Crippen molar-refractivity contribution in [2.45, 2.75) is 65.4 Å². The number of rotatable bonds is 5. The van der Waals surface area contributed by atoms with Crippen LogP contribution in [0.3, 0.4) is 0 Å². The van der Waals surface area contributed by atoms with Crippen LogP contribution in [-0.4, -0.2) is 35.7 Å². The third-order valence-corrected chi connectivity index (χ3v) is 10.9. The lowest BCUT2D eigenvalue weighted by molar-refractivity contribution is -0.174. The summed E-state index contributed by atoms with van der Waals surface area (Å²) in [6, 6.07) is 7.17. The van der Waals surface area contributed by atoms with Gasteiger partial charge >= 0.3 is 11.9 Å². The third kappa shape index (κ3) is 4.11. The van der Waals surface area contributed by atoms with E-state index >= 15 is 0 Å². The van der Waals surface area contributed by atoms with E-state index in [0.29, 0.717) is 23.8 Å². The van der Waals surface area contributed by atoms with Crippen molar-refractivity contribution in [1.82, 2.24) is 0 Å². The zero-order valence-corrected chi connectivity index (χ0v) is 24.6. The Morgan fingerprint density at radius 1 is 1.13 bits per heavy atom. The van der Waals surface area contributed by atoms with Gasteiger partial charge in [-0.25, -0.2) is 4.79 Å². The Balaban J connectivity index is 1.54. The minimum Gasteiger partial charge on any atom is -0.458 e. The Morgan fingerprint density at radius 2 is 1.89 bits per heavy atom. The molecule has 0 amide bonds. The minimum absolute atomic E-state index is 0.0589. The van der Waals surface area contributed by atoms with Crippen molar-refractivity contribution in [3.05, 3.63) is 57.2 Å². The van der Waals surface area contributed by atoms with Crippen molar-refractivity contribution in [2.75, 3.05) is 6.61 Å². The smallest absolute Gasteiger partial charge is 0.339 e. The molecule has 1 aromatic rings. The molecule has 0 aromatic heterocycles. The molecule has 0 radical (unpaired) electrons. The molecular weight excluding hydrogens is 595 g/mol. The number of carbonyl (C=O) groups excluding carboxylic acids is 4. The summed E-state index contributed by atoms with van der Waals surface area (Å²) in [6.45, 7) is 7.23. The highest BCUT2D eigenvalue weighted by Gasteiger charge is 2.71. The lowest BCUT2D eigenvalue weighted by Gasteiger charge is -2.58. The number of hydrogen-bond acceptors (Lipinski definition) is 6. The molecule has 0 aliphatic heterocycles. The average molecular weight is 631 g/mol. The molecule has 38 heavy (non-hydrogen) atoms. The first-order valence-corrected chi connectivity index (χ1v) is 14.6. The molecule has 0 N–H and O–H groups in total. The van der Waals surface area contributed by atoms with Crippen molar-refractivity contribution in [1.29, 1.82) is 0 Å². The van der Waals surface area contributed by atoms with Crippen LogP contribution in [-0.2, 0) is 23.9 Å². The van der Waals surface area contributed by atoms with Crippen LogP contribution in [0.2, 0.25) is 0 Å². The zero-order valence-electron chi connectivity index (χ0n) is 22.4. The normalized spacial score (nSPS) is 37.4. The van der Waals surface area contributed by atoms with Crippen LogP contribution in [0.15, 0.2) is 48.1 Å². The van der Waals surface area contributed by atoms with Gasteiger partial charge < -0.3 is 9.47 Å². The summed E-state index contributed by atoms with van der Waals surface area (Å²) in [7, 11) is 0. The van der Waals surface area contributed by atoms with E-state index < -0.39 is 29.6 Å². The molecule has 4 aliphatic rings. The fourth-order valence-corrected chi connectivity index (χ4v) is 9.03. The van der Waals surface area contributed by atoms with E-state index in [4.69, 9.17) is 9.47 Å². The number of allylic oxidation sites excluding steroid dienone is 4. The highest BCUT2D eigenvalue weighted by molar-refractivity contribution is 14.1. The summed E-state index contributed by atoms with van der Waals surface area (Å²) < 4.78 is 12.5. The van der Waals surface area contributed by atoms with Gasteiger partial charge in [0.1, 0.15) is 0 Å². The highest BCUT2D eigenvalue weighted by Crippen LogP contribution is 2.69. The van der Waals surface area contributed by atoms with E-state index in [9.17, 15) is 19.2 Å². The topological polar surface area (TPSA) is 86.7 Å². The lowest BCUT2D eigenvalue weighted by atomic mass is 9.47. The number of ether oxygens (including phenoxy) is 2. The molecule has 1 unspecified atom stereocenters. The zero-order chi connectivity index (χ0) is 27.5. The molecule has 5 rings (SSSR count). The molecule has 0 bridgehead atoms. The monoisotopic (exact) mass is 630 g/mol. The number of ketones is 2. The molecule has 7 atom stereocenters. The van der Waals surface area contributed by atoms with Gasteiger partial charge in [-0.15, -0.1) is 0 Å². The van der Waals surface area contributed by atoms with E-state index in [2.05, 4.69) is 42.5 Å². The molecule has 0 spiro atoms. The number of carbonyl (C=O) groups is 4. The Kier molecular flexibility index (Phi) is 6.98. The fourth-order valence-electron chi connectivity index (χ4n) is 8.49. The average Bonchev–Trinajstić information content (AvgIpc) is 3.10. The number of fused-ring (bicyclic) bond motifs is 5. The maximum atomic E-state index is 14.0. The van der Waals surface area contributed by atoms with E-state index in [1.807, 2.05) is 19.1 Å². The van der Waals surface area contributed by atoms with Crippen LogP contribution in [0.5, 0.6) is 0 Å². The maximum absolute atomic E-state index is 14.0. The predicted molar refractivity (Wildman–Crippen MR) is 150 cm³/mol. The number of esters is 2. The van der Waals surface area contributed by atoms with E-state index in [0.717, 1.165) is 29.3 Å². The van der Waals surface area contributed by atoms with Gasteiger partial charge in [0, 0.05) is 27.2 Å².